The first-order valence-electron chi connectivity index (χ1n) is 5.54. The van der Waals surface area contributed by atoms with Crippen molar-refractivity contribution in [2.75, 3.05) is 0 Å². The Morgan fingerprint density at radius 1 is 1.47 bits per heavy atom. The van der Waals surface area contributed by atoms with Crippen LogP contribution in [0.1, 0.15) is 11.3 Å². The van der Waals surface area contributed by atoms with Crippen LogP contribution in [0.2, 0.25) is 0 Å². The Bertz CT molecular complexity index is 625. The van der Waals surface area contributed by atoms with Crippen molar-refractivity contribution in [2.45, 2.75) is 12.3 Å². The van der Waals surface area contributed by atoms with Crippen LogP contribution in [-0.2, 0) is 12.4 Å². The van der Waals surface area contributed by atoms with Crippen LogP contribution in [0.5, 0.6) is 11.6 Å². The molecule has 0 fully saturated rings. The third-order valence-corrected chi connectivity index (χ3v) is 3.25. The van der Waals surface area contributed by atoms with Gasteiger partial charge in [0.1, 0.15) is 0 Å². The largest absolute Gasteiger partial charge is 0.432 e. The molecule has 0 saturated heterocycles. The zero-order valence-corrected chi connectivity index (χ0v) is 12.0. The van der Waals surface area contributed by atoms with Gasteiger partial charge in [0.05, 0.1) is 10.6 Å². The van der Waals surface area contributed by atoms with Crippen LogP contribution in [-0.4, -0.2) is 14.7 Å². The molecule has 0 aliphatic carbocycles. The third-order valence-electron chi connectivity index (χ3n) is 2.69. The van der Waals surface area contributed by atoms with E-state index in [9.17, 15) is 10.1 Å². The van der Waals surface area contributed by atoms with Gasteiger partial charge in [-0.25, -0.2) is 4.68 Å². The average Bonchev–Trinajstić information content (AvgIpc) is 2.64. The summed E-state index contributed by atoms with van der Waals surface area (Å²) >= 11 is 3.37. The summed E-state index contributed by atoms with van der Waals surface area (Å²) in [5.74, 6) is 0.710. The van der Waals surface area contributed by atoms with E-state index in [0.29, 0.717) is 11.2 Å². The van der Waals surface area contributed by atoms with Crippen LogP contribution in [0.15, 0.2) is 24.3 Å². The minimum Gasteiger partial charge on any atom is -0.432 e. The SMILES string of the molecule is Cc1nn(C)c(Oc2ccccc2[N+](=O)[O-])c1CBr. The van der Waals surface area contributed by atoms with Crippen LogP contribution in [0.3, 0.4) is 0 Å². The summed E-state index contributed by atoms with van der Waals surface area (Å²) in [7, 11) is 1.74. The molecule has 0 spiro atoms. The van der Waals surface area contributed by atoms with Crippen molar-refractivity contribution < 1.29 is 9.66 Å². The second kappa shape index (κ2) is 5.40. The van der Waals surface area contributed by atoms with Crippen molar-refractivity contribution in [3.8, 4) is 11.6 Å². The molecule has 1 aromatic carbocycles. The molecule has 1 heterocycles. The van der Waals surface area contributed by atoms with Crippen molar-refractivity contribution in [3.05, 3.63) is 45.6 Å². The number of nitro benzene ring substituents is 1. The molecule has 7 heteroatoms. The summed E-state index contributed by atoms with van der Waals surface area (Å²) in [5, 5.41) is 15.8. The predicted octanol–water partition coefficient (Wildman–Crippen LogP) is 3.32. The van der Waals surface area contributed by atoms with Crippen molar-refractivity contribution in [1.29, 1.82) is 0 Å². The molecular weight excluding hydrogens is 314 g/mol. The van der Waals surface area contributed by atoms with E-state index >= 15 is 0 Å². The van der Waals surface area contributed by atoms with Gasteiger partial charge < -0.3 is 4.74 Å². The molecule has 0 aliphatic heterocycles. The Balaban J connectivity index is 2.45. The normalized spacial score (nSPS) is 10.5. The molecule has 0 bridgehead atoms. The molecule has 0 aliphatic rings. The van der Waals surface area contributed by atoms with Gasteiger partial charge in [0.2, 0.25) is 11.6 Å². The second-order valence-corrected chi connectivity index (χ2v) is 4.51. The van der Waals surface area contributed by atoms with Crippen molar-refractivity contribution in [1.82, 2.24) is 9.78 Å². The van der Waals surface area contributed by atoms with Gasteiger partial charge in [-0.05, 0) is 13.0 Å². The Hall–Kier alpha value is -1.89. The standard InChI is InChI=1S/C12H12BrN3O3/c1-8-9(7-13)12(15(2)14-8)19-11-6-4-3-5-10(11)16(17)18/h3-6H,7H2,1-2H3. The zero-order chi connectivity index (χ0) is 14.0. The number of hydrogen-bond acceptors (Lipinski definition) is 4. The highest BCUT2D eigenvalue weighted by Gasteiger charge is 2.19. The van der Waals surface area contributed by atoms with E-state index in [2.05, 4.69) is 21.0 Å². The van der Waals surface area contributed by atoms with E-state index in [1.54, 1.807) is 29.9 Å². The van der Waals surface area contributed by atoms with E-state index in [4.69, 9.17) is 4.74 Å². The molecule has 6 nitrogen and oxygen atoms in total. The Kier molecular flexibility index (Phi) is 3.84. The lowest BCUT2D eigenvalue weighted by Crippen LogP contribution is -1.99. The van der Waals surface area contributed by atoms with Gasteiger partial charge in [0.15, 0.2) is 0 Å². The lowest BCUT2D eigenvalue weighted by atomic mass is 10.3. The lowest BCUT2D eigenvalue weighted by molar-refractivity contribution is -0.385. The maximum Gasteiger partial charge on any atom is 0.311 e. The summed E-state index contributed by atoms with van der Waals surface area (Å²) in [6.07, 6.45) is 0. The predicted molar refractivity (Wildman–Crippen MR) is 73.7 cm³/mol. The summed E-state index contributed by atoms with van der Waals surface area (Å²) in [6.45, 7) is 1.86. The van der Waals surface area contributed by atoms with E-state index in [-0.39, 0.29) is 11.4 Å². The second-order valence-electron chi connectivity index (χ2n) is 3.95. The highest BCUT2D eigenvalue weighted by atomic mass is 79.9. The summed E-state index contributed by atoms with van der Waals surface area (Å²) in [5.41, 5.74) is 1.63. The fraction of sp³-hybridized carbons (Fsp3) is 0.250. The molecule has 0 unspecified atom stereocenters. The van der Waals surface area contributed by atoms with Gasteiger partial charge in [-0.3, -0.25) is 10.1 Å². The van der Waals surface area contributed by atoms with Crippen LogP contribution in [0.4, 0.5) is 5.69 Å². The number of nitro groups is 1. The van der Waals surface area contributed by atoms with E-state index in [1.165, 1.54) is 6.07 Å². The average molecular weight is 326 g/mol. The van der Waals surface area contributed by atoms with Crippen LogP contribution < -0.4 is 4.74 Å². The monoisotopic (exact) mass is 325 g/mol. The number of para-hydroxylation sites is 2. The highest BCUT2D eigenvalue weighted by Crippen LogP contribution is 2.34. The minimum absolute atomic E-state index is 0.0677. The maximum atomic E-state index is 11.0. The fourth-order valence-electron chi connectivity index (χ4n) is 1.76. The maximum absolute atomic E-state index is 11.0. The molecule has 0 N–H and O–H groups in total. The van der Waals surface area contributed by atoms with Crippen LogP contribution in [0, 0.1) is 17.0 Å². The van der Waals surface area contributed by atoms with E-state index in [0.717, 1.165) is 11.3 Å². The quantitative estimate of drug-likeness (QED) is 0.491. The fourth-order valence-corrected chi connectivity index (χ4v) is 2.41. The lowest BCUT2D eigenvalue weighted by Gasteiger charge is -2.07. The molecular formula is C12H12BrN3O3. The van der Waals surface area contributed by atoms with E-state index < -0.39 is 4.92 Å². The zero-order valence-electron chi connectivity index (χ0n) is 10.5. The number of benzene rings is 1. The molecule has 0 radical (unpaired) electrons. The van der Waals surface area contributed by atoms with Gasteiger partial charge >= 0.3 is 5.69 Å². The number of rotatable bonds is 4. The number of aromatic nitrogens is 2. The topological polar surface area (TPSA) is 70.2 Å². The van der Waals surface area contributed by atoms with Gasteiger partial charge in [-0.2, -0.15) is 5.10 Å². The number of aryl methyl sites for hydroxylation is 2. The number of nitrogens with zero attached hydrogens (tertiary/aromatic N) is 3. The Labute approximate surface area is 118 Å². The third kappa shape index (κ3) is 2.60. The minimum atomic E-state index is -0.466. The first-order valence-corrected chi connectivity index (χ1v) is 6.66. The molecule has 2 aromatic rings. The molecule has 0 atom stereocenters. The van der Waals surface area contributed by atoms with E-state index in [1.807, 2.05) is 6.92 Å². The first-order chi connectivity index (χ1) is 9.04. The highest BCUT2D eigenvalue weighted by molar-refractivity contribution is 9.08. The van der Waals surface area contributed by atoms with Gasteiger partial charge in [-0.1, -0.05) is 28.1 Å². The van der Waals surface area contributed by atoms with Crippen molar-refractivity contribution in [2.24, 2.45) is 7.05 Å². The van der Waals surface area contributed by atoms with Crippen LogP contribution in [0.25, 0.3) is 0 Å². The molecule has 1 aromatic heterocycles. The Morgan fingerprint density at radius 3 is 2.79 bits per heavy atom. The molecule has 2 rings (SSSR count). The number of ether oxygens (including phenoxy) is 1. The number of halogens is 1. The van der Waals surface area contributed by atoms with Gasteiger partial charge in [0.25, 0.3) is 0 Å². The summed E-state index contributed by atoms with van der Waals surface area (Å²) in [4.78, 5) is 10.5. The Morgan fingerprint density at radius 2 is 2.16 bits per heavy atom. The number of alkyl halides is 1. The summed E-state index contributed by atoms with van der Waals surface area (Å²) < 4.78 is 7.25. The molecule has 100 valence electrons. The molecule has 0 saturated carbocycles. The van der Waals surface area contributed by atoms with Crippen LogP contribution >= 0.6 is 15.9 Å². The van der Waals surface area contributed by atoms with Crippen molar-refractivity contribution >= 4 is 21.6 Å². The van der Waals surface area contributed by atoms with Gasteiger partial charge in [0, 0.05) is 24.0 Å². The molecule has 19 heavy (non-hydrogen) atoms. The summed E-state index contributed by atoms with van der Waals surface area (Å²) in [6, 6.07) is 6.27. The van der Waals surface area contributed by atoms with Gasteiger partial charge in [-0.15, -0.1) is 0 Å². The molecule has 0 amide bonds. The first kappa shape index (κ1) is 13.5. The van der Waals surface area contributed by atoms with Crippen molar-refractivity contribution in [3.63, 3.8) is 0 Å². The smallest absolute Gasteiger partial charge is 0.311 e. The number of hydrogen-bond donors (Lipinski definition) is 0.